The van der Waals surface area contributed by atoms with Crippen LogP contribution in [0.3, 0.4) is 0 Å². The maximum atomic E-state index is 6.17. The van der Waals surface area contributed by atoms with E-state index in [-0.39, 0.29) is 0 Å². The van der Waals surface area contributed by atoms with E-state index in [9.17, 15) is 0 Å². The molecular formula is C14H12BrN3O. The first-order valence-corrected chi connectivity index (χ1v) is 6.56. The number of ether oxygens (including phenoxy) is 1. The molecule has 2 heterocycles. The summed E-state index contributed by atoms with van der Waals surface area (Å²) < 4.78 is 8.05. The third-order valence-electron chi connectivity index (χ3n) is 3.00. The molecule has 3 rings (SSSR count). The molecule has 4 nitrogen and oxygen atoms in total. The number of nitrogen functional groups attached to an aromatic ring is 1. The molecule has 1 aromatic carbocycles. The van der Waals surface area contributed by atoms with Gasteiger partial charge < -0.3 is 10.5 Å². The van der Waals surface area contributed by atoms with Crippen molar-refractivity contribution in [2.75, 3.05) is 12.8 Å². The van der Waals surface area contributed by atoms with Gasteiger partial charge in [-0.15, -0.1) is 0 Å². The van der Waals surface area contributed by atoms with Crippen LogP contribution in [0.25, 0.3) is 16.9 Å². The van der Waals surface area contributed by atoms with Crippen LogP contribution in [-0.2, 0) is 0 Å². The summed E-state index contributed by atoms with van der Waals surface area (Å²) in [7, 11) is 1.64. The van der Waals surface area contributed by atoms with E-state index in [1.54, 1.807) is 7.11 Å². The Bertz CT molecular complexity index is 752. The average molecular weight is 318 g/mol. The van der Waals surface area contributed by atoms with Gasteiger partial charge >= 0.3 is 0 Å². The van der Waals surface area contributed by atoms with E-state index in [4.69, 9.17) is 10.5 Å². The number of pyridine rings is 1. The first-order chi connectivity index (χ1) is 9.20. The fourth-order valence-electron chi connectivity index (χ4n) is 2.03. The number of aromatic nitrogens is 2. The standard InChI is InChI=1S/C14H12BrN3O/c1-19-9-5-6-11(15)10(8-9)13-14(16)18-7-3-2-4-12(18)17-13/h2-8H,16H2,1H3. The second-order valence-corrected chi connectivity index (χ2v) is 4.97. The Hall–Kier alpha value is -2.01. The summed E-state index contributed by atoms with van der Waals surface area (Å²) in [6.07, 6.45) is 1.90. The van der Waals surface area contributed by atoms with E-state index in [2.05, 4.69) is 20.9 Å². The van der Waals surface area contributed by atoms with Gasteiger partial charge in [0.1, 0.15) is 22.9 Å². The lowest BCUT2D eigenvalue weighted by molar-refractivity contribution is 0.415. The highest BCUT2D eigenvalue weighted by molar-refractivity contribution is 9.10. The van der Waals surface area contributed by atoms with E-state index >= 15 is 0 Å². The molecule has 0 bridgehead atoms. The number of nitrogens with zero attached hydrogens (tertiary/aromatic N) is 2. The molecule has 96 valence electrons. The Morgan fingerprint density at radius 3 is 2.84 bits per heavy atom. The Morgan fingerprint density at radius 2 is 2.11 bits per heavy atom. The predicted molar refractivity (Wildman–Crippen MR) is 79.3 cm³/mol. The quantitative estimate of drug-likeness (QED) is 0.788. The van der Waals surface area contributed by atoms with Crippen molar-refractivity contribution in [1.82, 2.24) is 9.38 Å². The minimum Gasteiger partial charge on any atom is -0.497 e. The molecule has 2 aromatic heterocycles. The third-order valence-corrected chi connectivity index (χ3v) is 3.69. The summed E-state index contributed by atoms with van der Waals surface area (Å²) in [5.41, 5.74) is 8.66. The third kappa shape index (κ3) is 1.96. The number of fused-ring (bicyclic) bond motifs is 1. The minimum atomic E-state index is 0.615. The number of nitrogens with two attached hydrogens (primary N) is 1. The molecule has 0 atom stereocenters. The molecular weight excluding hydrogens is 306 g/mol. The topological polar surface area (TPSA) is 52.5 Å². The van der Waals surface area contributed by atoms with Crippen LogP contribution in [0.4, 0.5) is 5.82 Å². The van der Waals surface area contributed by atoms with Gasteiger partial charge in [-0.3, -0.25) is 4.40 Å². The van der Waals surface area contributed by atoms with Crippen LogP contribution in [0, 0.1) is 0 Å². The molecule has 0 aliphatic carbocycles. The number of methoxy groups -OCH3 is 1. The zero-order chi connectivity index (χ0) is 13.4. The van der Waals surface area contributed by atoms with Crippen LogP contribution in [-0.4, -0.2) is 16.5 Å². The van der Waals surface area contributed by atoms with Crippen molar-refractivity contribution in [3.8, 4) is 17.0 Å². The van der Waals surface area contributed by atoms with E-state index in [1.807, 2.05) is 47.0 Å². The zero-order valence-electron chi connectivity index (χ0n) is 10.3. The van der Waals surface area contributed by atoms with Gasteiger partial charge in [-0.1, -0.05) is 22.0 Å². The number of hydrogen-bond donors (Lipinski definition) is 1. The van der Waals surface area contributed by atoms with Crippen LogP contribution < -0.4 is 10.5 Å². The van der Waals surface area contributed by atoms with Crippen LogP contribution >= 0.6 is 15.9 Å². The summed E-state index contributed by atoms with van der Waals surface area (Å²) in [6.45, 7) is 0. The normalized spacial score (nSPS) is 10.8. The summed E-state index contributed by atoms with van der Waals surface area (Å²) in [5, 5.41) is 0. The molecule has 0 unspecified atom stereocenters. The highest BCUT2D eigenvalue weighted by atomic mass is 79.9. The molecule has 0 spiro atoms. The van der Waals surface area contributed by atoms with E-state index in [0.29, 0.717) is 5.82 Å². The molecule has 0 fully saturated rings. The Labute approximate surface area is 119 Å². The first kappa shape index (κ1) is 12.0. The van der Waals surface area contributed by atoms with E-state index in [0.717, 1.165) is 27.1 Å². The van der Waals surface area contributed by atoms with Crippen molar-refractivity contribution in [2.24, 2.45) is 0 Å². The largest absolute Gasteiger partial charge is 0.497 e. The number of anilines is 1. The highest BCUT2D eigenvalue weighted by Gasteiger charge is 2.14. The molecule has 0 aliphatic heterocycles. The maximum Gasteiger partial charge on any atom is 0.139 e. The first-order valence-electron chi connectivity index (χ1n) is 5.77. The van der Waals surface area contributed by atoms with Gasteiger partial charge in [0, 0.05) is 16.2 Å². The van der Waals surface area contributed by atoms with Crippen molar-refractivity contribution in [3.05, 3.63) is 47.1 Å². The fraction of sp³-hybridized carbons (Fsp3) is 0.0714. The lowest BCUT2D eigenvalue weighted by Gasteiger charge is -2.06. The molecule has 0 aliphatic rings. The summed E-state index contributed by atoms with van der Waals surface area (Å²) in [4.78, 5) is 4.57. The highest BCUT2D eigenvalue weighted by Crippen LogP contribution is 2.34. The summed E-state index contributed by atoms with van der Waals surface area (Å²) in [5.74, 6) is 1.39. The van der Waals surface area contributed by atoms with Crippen molar-refractivity contribution in [1.29, 1.82) is 0 Å². The molecule has 0 saturated heterocycles. The molecule has 19 heavy (non-hydrogen) atoms. The minimum absolute atomic E-state index is 0.615. The number of rotatable bonds is 2. The SMILES string of the molecule is COc1ccc(Br)c(-c2nc3ccccn3c2N)c1. The molecule has 0 amide bonds. The van der Waals surface area contributed by atoms with Gasteiger partial charge in [-0.2, -0.15) is 0 Å². The Kier molecular flexibility index (Phi) is 2.91. The van der Waals surface area contributed by atoms with E-state index < -0.39 is 0 Å². The molecule has 2 N–H and O–H groups in total. The van der Waals surface area contributed by atoms with Gasteiger partial charge in [-0.25, -0.2) is 4.98 Å². The number of halogens is 1. The zero-order valence-corrected chi connectivity index (χ0v) is 11.9. The van der Waals surface area contributed by atoms with Gasteiger partial charge in [0.05, 0.1) is 7.11 Å². The van der Waals surface area contributed by atoms with Crippen molar-refractivity contribution in [2.45, 2.75) is 0 Å². The van der Waals surface area contributed by atoms with Crippen molar-refractivity contribution < 1.29 is 4.74 Å². The molecule has 3 aromatic rings. The van der Waals surface area contributed by atoms with Crippen molar-refractivity contribution in [3.63, 3.8) is 0 Å². The lowest BCUT2D eigenvalue weighted by atomic mass is 10.1. The van der Waals surface area contributed by atoms with Crippen LogP contribution in [0.15, 0.2) is 47.1 Å². The van der Waals surface area contributed by atoms with Gasteiger partial charge in [0.2, 0.25) is 0 Å². The molecule has 0 saturated carbocycles. The number of hydrogen-bond acceptors (Lipinski definition) is 3. The van der Waals surface area contributed by atoms with E-state index in [1.165, 1.54) is 0 Å². The van der Waals surface area contributed by atoms with Crippen molar-refractivity contribution >= 4 is 27.4 Å². The van der Waals surface area contributed by atoms with Gasteiger partial charge in [0.25, 0.3) is 0 Å². The Morgan fingerprint density at radius 1 is 1.26 bits per heavy atom. The lowest BCUT2D eigenvalue weighted by Crippen LogP contribution is -1.94. The number of imidazole rings is 1. The van der Waals surface area contributed by atoms with Gasteiger partial charge in [-0.05, 0) is 30.3 Å². The monoisotopic (exact) mass is 317 g/mol. The number of benzene rings is 1. The second-order valence-electron chi connectivity index (χ2n) is 4.12. The predicted octanol–water partition coefficient (Wildman–Crippen LogP) is 3.35. The summed E-state index contributed by atoms with van der Waals surface area (Å²) >= 11 is 3.53. The Balaban J connectivity index is 2.27. The van der Waals surface area contributed by atoms with Gasteiger partial charge in [0.15, 0.2) is 0 Å². The average Bonchev–Trinajstić information content (AvgIpc) is 2.77. The maximum absolute atomic E-state index is 6.17. The second kappa shape index (κ2) is 4.59. The summed E-state index contributed by atoms with van der Waals surface area (Å²) in [6, 6.07) is 11.5. The van der Waals surface area contributed by atoms with Crippen LogP contribution in [0.1, 0.15) is 0 Å². The van der Waals surface area contributed by atoms with Crippen LogP contribution in [0.5, 0.6) is 5.75 Å². The fourth-order valence-corrected chi connectivity index (χ4v) is 2.46. The van der Waals surface area contributed by atoms with Crippen LogP contribution in [0.2, 0.25) is 0 Å². The smallest absolute Gasteiger partial charge is 0.139 e. The molecule has 0 radical (unpaired) electrons. The molecule has 5 heteroatoms.